The molecular formula is C19H17N5O2S. The van der Waals surface area contributed by atoms with Crippen molar-refractivity contribution in [3.05, 3.63) is 87.2 Å². The molecule has 7 nitrogen and oxygen atoms in total. The number of aromatic nitrogens is 3. The number of rotatable bonds is 6. The van der Waals surface area contributed by atoms with Gasteiger partial charge in [-0.1, -0.05) is 47.2 Å². The monoisotopic (exact) mass is 379 g/mol. The van der Waals surface area contributed by atoms with Crippen LogP contribution >= 0.6 is 11.3 Å². The molecule has 136 valence electrons. The molecule has 1 N–H and O–H groups in total. The van der Waals surface area contributed by atoms with Gasteiger partial charge in [-0.25, -0.2) is 0 Å². The quantitative estimate of drug-likeness (QED) is 0.396. The number of hydrogen-bond donors (Lipinski definition) is 1. The smallest absolute Gasteiger partial charge is 0.358 e. The minimum absolute atomic E-state index is 0.0592. The van der Waals surface area contributed by atoms with Crippen LogP contribution in [0.1, 0.15) is 22.9 Å². The highest BCUT2D eigenvalue weighted by molar-refractivity contribution is 7.15. The van der Waals surface area contributed by atoms with Crippen molar-refractivity contribution in [2.75, 3.05) is 5.32 Å². The predicted molar refractivity (Wildman–Crippen MR) is 105 cm³/mol. The lowest BCUT2D eigenvalue weighted by molar-refractivity contribution is -0.389. The van der Waals surface area contributed by atoms with Crippen LogP contribution < -0.4 is 5.32 Å². The van der Waals surface area contributed by atoms with Crippen LogP contribution in [0.4, 0.5) is 11.6 Å². The summed E-state index contributed by atoms with van der Waals surface area (Å²) in [7, 11) is 0. The van der Waals surface area contributed by atoms with Gasteiger partial charge in [-0.3, -0.25) is 4.98 Å². The van der Waals surface area contributed by atoms with Gasteiger partial charge in [-0.05, 0) is 36.0 Å². The van der Waals surface area contributed by atoms with Crippen LogP contribution in [0.3, 0.4) is 0 Å². The Bertz CT molecular complexity index is 1070. The predicted octanol–water partition coefficient (Wildman–Crippen LogP) is 4.40. The number of fused-ring (bicyclic) bond motifs is 1. The van der Waals surface area contributed by atoms with E-state index in [2.05, 4.69) is 39.6 Å². The fraction of sp³-hybridized carbons (Fsp3) is 0.158. The van der Waals surface area contributed by atoms with Gasteiger partial charge in [-0.15, -0.1) is 0 Å². The minimum Gasteiger partial charge on any atom is -0.358 e. The number of nitro groups is 1. The Morgan fingerprint density at radius 1 is 1.26 bits per heavy atom. The van der Waals surface area contributed by atoms with Crippen molar-refractivity contribution < 1.29 is 4.92 Å². The van der Waals surface area contributed by atoms with Crippen molar-refractivity contribution in [1.82, 2.24) is 14.4 Å². The zero-order valence-electron chi connectivity index (χ0n) is 14.6. The average molecular weight is 379 g/mol. The van der Waals surface area contributed by atoms with Crippen LogP contribution in [0, 0.1) is 17.0 Å². The molecule has 0 saturated carbocycles. The second kappa shape index (κ2) is 7.16. The third kappa shape index (κ3) is 3.52. The highest BCUT2D eigenvalue weighted by Gasteiger charge is 2.26. The zero-order valence-corrected chi connectivity index (χ0v) is 15.4. The number of nitrogens with one attached hydrogen (secondary N) is 1. The summed E-state index contributed by atoms with van der Waals surface area (Å²) >= 11 is 1.36. The maximum absolute atomic E-state index is 11.6. The third-order valence-electron chi connectivity index (χ3n) is 4.33. The van der Waals surface area contributed by atoms with E-state index in [1.807, 2.05) is 25.1 Å². The SMILES string of the molecule is Cc1ccc(CC(Nc2nc3sccn3c2[N+](=O)[O-])c2ccccn2)cc1. The van der Waals surface area contributed by atoms with E-state index in [-0.39, 0.29) is 17.7 Å². The lowest BCUT2D eigenvalue weighted by Gasteiger charge is -2.18. The van der Waals surface area contributed by atoms with Gasteiger partial charge in [0.05, 0.1) is 11.7 Å². The van der Waals surface area contributed by atoms with Crippen LogP contribution in [-0.2, 0) is 6.42 Å². The van der Waals surface area contributed by atoms with Crippen molar-refractivity contribution in [1.29, 1.82) is 0 Å². The first kappa shape index (κ1) is 17.2. The molecule has 0 radical (unpaired) electrons. The summed E-state index contributed by atoms with van der Waals surface area (Å²) in [6.45, 7) is 2.04. The van der Waals surface area contributed by atoms with Crippen molar-refractivity contribution in [2.24, 2.45) is 0 Å². The molecule has 0 bridgehead atoms. The summed E-state index contributed by atoms with van der Waals surface area (Å²) in [5.41, 5.74) is 3.11. The largest absolute Gasteiger partial charge is 0.372 e. The number of imidazole rings is 1. The number of hydrogen-bond acceptors (Lipinski definition) is 6. The Morgan fingerprint density at radius 2 is 2.07 bits per heavy atom. The molecule has 4 aromatic rings. The Balaban J connectivity index is 1.71. The molecule has 0 saturated heterocycles. The Hall–Kier alpha value is -3.26. The molecule has 27 heavy (non-hydrogen) atoms. The molecule has 3 heterocycles. The molecular weight excluding hydrogens is 362 g/mol. The van der Waals surface area contributed by atoms with E-state index in [9.17, 15) is 10.1 Å². The van der Waals surface area contributed by atoms with Gasteiger partial charge >= 0.3 is 5.82 Å². The topological polar surface area (TPSA) is 85.4 Å². The van der Waals surface area contributed by atoms with E-state index in [4.69, 9.17) is 0 Å². The highest BCUT2D eigenvalue weighted by atomic mass is 32.1. The van der Waals surface area contributed by atoms with E-state index in [0.717, 1.165) is 11.3 Å². The zero-order chi connectivity index (χ0) is 18.8. The van der Waals surface area contributed by atoms with Gasteiger partial charge in [-0.2, -0.15) is 9.38 Å². The molecule has 0 spiro atoms. The normalized spacial score (nSPS) is 12.2. The van der Waals surface area contributed by atoms with E-state index in [0.29, 0.717) is 11.4 Å². The first-order valence-electron chi connectivity index (χ1n) is 8.45. The molecule has 0 amide bonds. The Morgan fingerprint density at radius 3 is 2.78 bits per heavy atom. The molecule has 0 fully saturated rings. The van der Waals surface area contributed by atoms with Crippen LogP contribution in [0.5, 0.6) is 0 Å². The summed E-state index contributed by atoms with van der Waals surface area (Å²) in [5, 5.41) is 16.6. The van der Waals surface area contributed by atoms with E-state index >= 15 is 0 Å². The highest BCUT2D eigenvalue weighted by Crippen LogP contribution is 2.31. The molecule has 1 unspecified atom stereocenters. The molecule has 1 aromatic carbocycles. The molecule has 1 atom stereocenters. The maximum Gasteiger partial charge on any atom is 0.372 e. The van der Waals surface area contributed by atoms with Crippen LogP contribution in [0.15, 0.2) is 60.2 Å². The first-order valence-corrected chi connectivity index (χ1v) is 9.33. The second-order valence-electron chi connectivity index (χ2n) is 6.24. The lowest BCUT2D eigenvalue weighted by atomic mass is 10.0. The van der Waals surface area contributed by atoms with Gasteiger partial charge in [0.2, 0.25) is 5.82 Å². The first-order chi connectivity index (χ1) is 13.1. The van der Waals surface area contributed by atoms with Gasteiger partial charge in [0.15, 0.2) is 0 Å². The second-order valence-corrected chi connectivity index (χ2v) is 7.11. The van der Waals surface area contributed by atoms with E-state index < -0.39 is 4.92 Å². The Kier molecular flexibility index (Phi) is 4.55. The minimum atomic E-state index is -0.406. The molecule has 0 aliphatic rings. The third-order valence-corrected chi connectivity index (χ3v) is 5.08. The Labute approximate surface area is 159 Å². The fourth-order valence-corrected chi connectivity index (χ4v) is 3.69. The maximum atomic E-state index is 11.6. The van der Waals surface area contributed by atoms with Crippen molar-refractivity contribution in [2.45, 2.75) is 19.4 Å². The van der Waals surface area contributed by atoms with Crippen molar-refractivity contribution >= 4 is 27.9 Å². The van der Waals surface area contributed by atoms with E-state index in [1.165, 1.54) is 21.3 Å². The molecule has 0 aliphatic carbocycles. The summed E-state index contributed by atoms with van der Waals surface area (Å²) < 4.78 is 1.49. The standard InChI is InChI=1S/C19H17N5O2S/c1-13-5-7-14(8-6-13)12-16(15-4-2-3-9-20-15)21-17-18(24(25)26)23-10-11-27-19(23)22-17/h2-11,16,21H,12H2,1H3. The van der Waals surface area contributed by atoms with Crippen LogP contribution in [-0.4, -0.2) is 19.3 Å². The fourth-order valence-electron chi connectivity index (χ4n) is 2.98. The summed E-state index contributed by atoms with van der Waals surface area (Å²) in [5.74, 6) is 0.200. The van der Waals surface area contributed by atoms with Gasteiger partial charge in [0, 0.05) is 11.6 Å². The summed E-state index contributed by atoms with van der Waals surface area (Å²) in [6.07, 6.45) is 4.02. The van der Waals surface area contributed by atoms with Crippen molar-refractivity contribution in [3.8, 4) is 0 Å². The number of benzene rings is 1. The van der Waals surface area contributed by atoms with Gasteiger partial charge < -0.3 is 15.4 Å². The number of aryl methyl sites for hydroxylation is 1. The molecule has 4 rings (SSSR count). The molecule has 3 aromatic heterocycles. The van der Waals surface area contributed by atoms with E-state index in [1.54, 1.807) is 17.8 Å². The number of pyridine rings is 1. The van der Waals surface area contributed by atoms with Crippen LogP contribution in [0.25, 0.3) is 4.96 Å². The molecule has 0 aliphatic heterocycles. The van der Waals surface area contributed by atoms with Gasteiger partial charge in [0.25, 0.3) is 4.96 Å². The number of nitrogens with zero attached hydrogens (tertiary/aromatic N) is 4. The average Bonchev–Trinajstić information content (AvgIpc) is 3.24. The van der Waals surface area contributed by atoms with Crippen LogP contribution in [0.2, 0.25) is 0 Å². The number of thiazole rings is 1. The lowest BCUT2D eigenvalue weighted by Crippen LogP contribution is -2.16. The van der Waals surface area contributed by atoms with Crippen molar-refractivity contribution in [3.63, 3.8) is 0 Å². The molecule has 8 heteroatoms. The van der Waals surface area contributed by atoms with Gasteiger partial charge in [0.1, 0.15) is 6.20 Å². The summed E-state index contributed by atoms with van der Waals surface area (Å²) in [6, 6.07) is 13.7. The summed E-state index contributed by atoms with van der Waals surface area (Å²) in [4.78, 5) is 20.6. The number of anilines is 1.